The zero-order valence-corrected chi connectivity index (χ0v) is 14.7. The summed E-state index contributed by atoms with van der Waals surface area (Å²) in [7, 11) is 0. The highest BCUT2D eigenvalue weighted by Gasteiger charge is 2.34. The highest BCUT2D eigenvalue weighted by atomic mass is 16.6. The second-order valence-electron chi connectivity index (χ2n) is 6.17. The van der Waals surface area contributed by atoms with Crippen LogP contribution in [0.25, 0.3) is 0 Å². The lowest BCUT2D eigenvalue weighted by Gasteiger charge is -2.18. The van der Waals surface area contributed by atoms with Crippen LogP contribution in [-0.2, 0) is 23.8 Å². The van der Waals surface area contributed by atoms with Crippen LogP contribution in [0.5, 0.6) is 0 Å². The summed E-state index contributed by atoms with van der Waals surface area (Å²) in [5.41, 5.74) is 0. The standard InChI is InChI=1S/C18H32O5/c1-3-5-7-11-22-17(19)16(14-15-10-9-13-21-15)18(20)23-12-8-6-4-2/h15-16H,3-14H2,1-2H3. The molecule has 134 valence electrons. The van der Waals surface area contributed by atoms with Crippen molar-refractivity contribution in [2.45, 2.75) is 77.7 Å². The van der Waals surface area contributed by atoms with Crippen molar-refractivity contribution in [3.63, 3.8) is 0 Å². The molecule has 23 heavy (non-hydrogen) atoms. The lowest BCUT2D eigenvalue weighted by Crippen LogP contribution is -2.31. The van der Waals surface area contributed by atoms with Crippen LogP contribution in [-0.4, -0.2) is 37.9 Å². The van der Waals surface area contributed by atoms with E-state index < -0.39 is 17.9 Å². The van der Waals surface area contributed by atoms with Gasteiger partial charge in [-0.15, -0.1) is 0 Å². The number of hydrogen-bond acceptors (Lipinski definition) is 5. The van der Waals surface area contributed by atoms with Crippen molar-refractivity contribution < 1.29 is 23.8 Å². The van der Waals surface area contributed by atoms with Crippen LogP contribution < -0.4 is 0 Å². The Hall–Kier alpha value is -1.10. The van der Waals surface area contributed by atoms with Gasteiger partial charge in [-0.2, -0.15) is 0 Å². The maximum absolute atomic E-state index is 12.2. The number of carbonyl (C=O) groups excluding carboxylic acids is 2. The molecule has 0 aliphatic carbocycles. The van der Waals surface area contributed by atoms with Crippen molar-refractivity contribution in [1.82, 2.24) is 0 Å². The molecule has 0 aromatic heterocycles. The van der Waals surface area contributed by atoms with Gasteiger partial charge in [-0.05, 0) is 32.1 Å². The van der Waals surface area contributed by atoms with E-state index in [9.17, 15) is 9.59 Å². The topological polar surface area (TPSA) is 61.8 Å². The predicted octanol–water partition coefficient (Wildman–Crippen LogP) is 3.64. The summed E-state index contributed by atoms with van der Waals surface area (Å²) in [5.74, 6) is -1.77. The molecular weight excluding hydrogens is 296 g/mol. The van der Waals surface area contributed by atoms with Crippen molar-refractivity contribution in [3.05, 3.63) is 0 Å². The van der Waals surface area contributed by atoms with Crippen LogP contribution in [0.2, 0.25) is 0 Å². The summed E-state index contributed by atoms with van der Waals surface area (Å²) >= 11 is 0. The van der Waals surface area contributed by atoms with Gasteiger partial charge in [-0.1, -0.05) is 39.5 Å². The van der Waals surface area contributed by atoms with E-state index in [-0.39, 0.29) is 6.10 Å². The summed E-state index contributed by atoms with van der Waals surface area (Å²) in [6.07, 6.45) is 8.05. The van der Waals surface area contributed by atoms with Crippen LogP contribution in [0.4, 0.5) is 0 Å². The summed E-state index contributed by atoms with van der Waals surface area (Å²) in [6.45, 7) is 5.63. The smallest absolute Gasteiger partial charge is 0.320 e. The van der Waals surface area contributed by atoms with Gasteiger partial charge in [0.15, 0.2) is 5.92 Å². The third-order valence-electron chi connectivity index (χ3n) is 4.08. The van der Waals surface area contributed by atoms with Gasteiger partial charge in [0, 0.05) is 6.61 Å². The molecule has 1 fully saturated rings. The van der Waals surface area contributed by atoms with Crippen molar-refractivity contribution in [1.29, 1.82) is 0 Å². The Kier molecular flexibility index (Phi) is 10.7. The molecule has 0 saturated carbocycles. The lowest BCUT2D eigenvalue weighted by molar-refractivity contribution is -0.164. The predicted molar refractivity (Wildman–Crippen MR) is 88.0 cm³/mol. The van der Waals surface area contributed by atoms with E-state index in [2.05, 4.69) is 13.8 Å². The highest BCUT2D eigenvalue weighted by molar-refractivity contribution is 5.94. The molecule has 1 saturated heterocycles. The number of ether oxygens (including phenoxy) is 3. The van der Waals surface area contributed by atoms with Gasteiger partial charge in [0.25, 0.3) is 0 Å². The van der Waals surface area contributed by atoms with Crippen molar-refractivity contribution in [2.24, 2.45) is 5.92 Å². The zero-order valence-electron chi connectivity index (χ0n) is 14.7. The minimum atomic E-state index is -0.846. The van der Waals surface area contributed by atoms with E-state index in [1.807, 2.05) is 0 Å². The average molecular weight is 328 g/mol. The minimum Gasteiger partial charge on any atom is -0.465 e. The van der Waals surface area contributed by atoms with E-state index in [0.717, 1.165) is 51.4 Å². The fraction of sp³-hybridized carbons (Fsp3) is 0.889. The quantitative estimate of drug-likeness (QED) is 0.311. The number of unbranched alkanes of at least 4 members (excludes halogenated alkanes) is 4. The summed E-state index contributed by atoms with van der Waals surface area (Å²) in [5, 5.41) is 0. The first kappa shape index (κ1) is 19.9. The monoisotopic (exact) mass is 328 g/mol. The van der Waals surface area contributed by atoms with E-state index in [1.54, 1.807) is 0 Å². The number of esters is 2. The molecule has 1 heterocycles. The Labute approximate surface area is 140 Å². The maximum atomic E-state index is 12.2. The molecule has 1 aliphatic heterocycles. The van der Waals surface area contributed by atoms with Gasteiger partial charge in [0.1, 0.15) is 0 Å². The van der Waals surface area contributed by atoms with E-state index in [0.29, 0.717) is 26.2 Å². The minimum absolute atomic E-state index is 0.0358. The van der Waals surface area contributed by atoms with Crippen molar-refractivity contribution in [3.8, 4) is 0 Å². The molecule has 1 atom stereocenters. The molecule has 0 amide bonds. The van der Waals surface area contributed by atoms with Crippen LogP contribution in [0, 0.1) is 5.92 Å². The number of hydrogen-bond donors (Lipinski definition) is 0. The normalized spacial score (nSPS) is 17.4. The van der Waals surface area contributed by atoms with Crippen molar-refractivity contribution >= 4 is 11.9 Å². The summed E-state index contributed by atoms with van der Waals surface area (Å²) in [6, 6.07) is 0. The molecule has 0 bridgehead atoms. The van der Waals surface area contributed by atoms with Crippen LogP contribution >= 0.6 is 0 Å². The SMILES string of the molecule is CCCCCOC(=O)C(CC1CCCO1)C(=O)OCCCCC. The third-order valence-corrected chi connectivity index (χ3v) is 4.08. The first-order chi connectivity index (χ1) is 11.2. The van der Waals surface area contributed by atoms with Gasteiger partial charge in [-0.3, -0.25) is 9.59 Å². The fourth-order valence-electron chi connectivity index (χ4n) is 2.63. The van der Waals surface area contributed by atoms with E-state index in [4.69, 9.17) is 14.2 Å². The highest BCUT2D eigenvalue weighted by Crippen LogP contribution is 2.22. The van der Waals surface area contributed by atoms with E-state index in [1.165, 1.54) is 0 Å². The number of rotatable bonds is 12. The van der Waals surface area contributed by atoms with Crippen LogP contribution in [0.3, 0.4) is 0 Å². The first-order valence-corrected chi connectivity index (χ1v) is 9.13. The molecule has 0 aromatic carbocycles. The summed E-state index contributed by atoms with van der Waals surface area (Å²) < 4.78 is 16.1. The molecule has 0 N–H and O–H groups in total. The molecule has 0 spiro atoms. The van der Waals surface area contributed by atoms with Gasteiger partial charge >= 0.3 is 11.9 Å². The van der Waals surface area contributed by atoms with E-state index >= 15 is 0 Å². The Bertz CT molecular complexity index is 312. The van der Waals surface area contributed by atoms with Crippen molar-refractivity contribution in [2.75, 3.05) is 19.8 Å². The third kappa shape index (κ3) is 8.35. The molecular formula is C18H32O5. The number of carbonyl (C=O) groups is 2. The Balaban J connectivity index is 2.45. The molecule has 0 radical (unpaired) electrons. The Morgan fingerprint density at radius 2 is 1.57 bits per heavy atom. The summed E-state index contributed by atoms with van der Waals surface area (Å²) in [4.78, 5) is 24.5. The van der Waals surface area contributed by atoms with Gasteiger partial charge in [-0.25, -0.2) is 0 Å². The Morgan fingerprint density at radius 1 is 1.00 bits per heavy atom. The molecule has 5 heteroatoms. The van der Waals surface area contributed by atoms with Gasteiger partial charge < -0.3 is 14.2 Å². The molecule has 5 nitrogen and oxygen atoms in total. The maximum Gasteiger partial charge on any atom is 0.320 e. The lowest BCUT2D eigenvalue weighted by atomic mass is 10.00. The van der Waals surface area contributed by atoms with Gasteiger partial charge in [0.05, 0.1) is 19.3 Å². The second-order valence-corrected chi connectivity index (χ2v) is 6.17. The Morgan fingerprint density at radius 3 is 2.00 bits per heavy atom. The zero-order chi connectivity index (χ0) is 16.9. The molecule has 1 rings (SSSR count). The fourth-order valence-corrected chi connectivity index (χ4v) is 2.63. The van der Waals surface area contributed by atoms with Crippen LogP contribution in [0.1, 0.15) is 71.6 Å². The first-order valence-electron chi connectivity index (χ1n) is 9.13. The largest absolute Gasteiger partial charge is 0.465 e. The van der Waals surface area contributed by atoms with Gasteiger partial charge in [0.2, 0.25) is 0 Å². The second kappa shape index (κ2) is 12.3. The van der Waals surface area contributed by atoms with Crippen LogP contribution in [0.15, 0.2) is 0 Å². The average Bonchev–Trinajstić information content (AvgIpc) is 3.06. The molecule has 0 aromatic rings. The molecule has 1 unspecified atom stereocenters. The molecule has 1 aliphatic rings.